The lowest BCUT2D eigenvalue weighted by molar-refractivity contribution is 0.309. The number of benzene rings is 1. The molecular weight excluding hydrogens is 276 g/mol. The molecule has 0 radical (unpaired) electrons. The molecule has 0 fully saturated rings. The molecule has 0 aromatic heterocycles. The molecule has 0 atom stereocenters. The predicted molar refractivity (Wildman–Crippen MR) is 80.5 cm³/mol. The highest BCUT2D eigenvalue weighted by atomic mass is 32.2. The molecule has 0 heterocycles. The van der Waals surface area contributed by atoms with E-state index in [9.17, 15) is 8.42 Å². The maximum atomic E-state index is 12.0. The van der Waals surface area contributed by atoms with E-state index in [1.54, 1.807) is 24.3 Å². The minimum atomic E-state index is -3.42. The zero-order valence-corrected chi connectivity index (χ0v) is 13.2. The van der Waals surface area contributed by atoms with Crippen LogP contribution in [0.25, 0.3) is 0 Å². The molecule has 0 spiro atoms. The second-order valence-corrected chi connectivity index (χ2v) is 6.79. The van der Waals surface area contributed by atoms with Crippen LogP contribution in [0.3, 0.4) is 0 Å². The first-order valence-electron chi connectivity index (χ1n) is 6.83. The summed E-state index contributed by atoms with van der Waals surface area (Å²) in [6.07, 6.45) is 0.909. The van der Waals surface area contributed by atoms with Crippen LogP contribution in [0.1, 0.15) is 20.3 Å². The summed E-state index contributed by atoms with van der Waals surface area (Å²) in [6, 6.07) is 6.50. The molecule has 0 amide bonds. The normalized spacial score (nSPS) is 11.8. The zero-order chi connectivity index (χ0) is 15.0. The van der Waals surface area contributed by atoms with Crippen LogP contribution in [0, 0.1) is 5.92 Å². The molecule has 5 nitrogen and oxygen atoms in total. The van der Waals surface area contributed by atoms with Crippen molar-refractivity contribution in [3.63, 3.8) is 0 Å². The Bertz CT molecular complexity index is 484. The van der Waals surface area contributed by atoms with Crippen LogP contribution >= 0.6 is 0 Å². The molecule has 0 aliphatic carbocycles. The quantitative estimate of drug-likeness (QED) is 0.680. The highest BCUT2D eigenvalue weighted by Crippen LogP contribution is 2.16. The van der Waals surface area contributed by atoms with E-state index in [-0.39, 0.29) is 10.8 Å². The Labute approximate surface area is 121 Å². The van der Waals surface area contributed by atoms with E-state index in [0.717, 1.165) is 13.0 Å². The monoisotopic (exact) mass is 300 g/mol. The molecule has 0 bridgehead atoms. The fourth-order valence-corrected chi connectivity index (χ4v) is 2.73. The van der Waals surface area contributed by atoms with E-state index in [1.165, 1.54) is 0 Å². The van der Waals surface area contributed by atoms with Crippen molar-refractivity contribution in [2.24, 2.45) is 5.92 Å². The lowest BCUT2D eigenvalue weighted by atomic mass is 10.2. The van der Waals surface area contributed by atoms with Gasteiger partial charge in [-0.25, -0.2) is 13.1 Å². The Balaban J connectivity index is 2.57. The molecule has 2 N–H and O–H groups in total. The Morgan fingerprint density at radius 1 is 1.20 bits per heavy atom. The largest absolute Gasteiger partial charge is 0.494 e. The zero-order valence-electron chi connectivity index (χ0n) is 12.3. The lowest BCUT2D eigenvalue weighted by Crippen LogP contribution is -2.27. The number of hydrogen-bond acceptors (Lipinski definition) is 4. The average Bonchev–Trinajstić information content (AvgIpc) is 2.42. The van der Waals surface area contributed by atoms with Gasteiger partial charge in [-0.3, -0.25) is 0 Å². The van der Waals surface area contributed by atoms with Gasteiger partial charge in [0.2, 0.25) is 10.0 Å². The van der Waals surface area contributed by atoms with Crippen LogP contribution < -0.4 is 14.8 Å². The SMILES string of the molecule is CNCCCOc1ccc(S(=O)(=O)NCC(C)C)cc1. The minimum absolute atomic E-state index is 0.265. The van der Waals surface area contributed by atoms with Crippen molar-refractivity contribution < 1.29 is 13.2 Å². The second kappa shape index (κ2) is 8.24. The molecule has 20 heavy (non-hydrogen) atoms. The fraction of sp³-hybridized carbons (Fsp3) is 0.571. The Kier molecular flexibility index (Phi) is 6.98. The summed E-state index contributed by atoms with van der Waals surface area (Å²) >= 11 is 0. The Morgan fingerprint density at radius 2 is 1.85 bits per heavy atom. The van der Waals surface area contributed by atoms with Crippen molar-refractivity contribution in [3.8, 4) is 5.75 Å². The van der Waals surface area contributed by atoms with Crippen molar-refractivity contribution in [3.05, 3.63) is 24.3 Å². The van der Waals surface area contributed by atoms with Gasteiger partial charge in [0.1, 0.15) is 5.75 Å². The van der Waals surface area contributed by atoms with Crippen molar-refractivity contribution in [2.45, 2.75) is 25.2 Å². The van der Waals surface area contributed by atoms with Crippen LogP contribution in [0.15, 0.2) is 29.2 Å². The molecule has 0 aliphatic rings. The van der Waals surface area contributed by atoms with E-state index in [0.29, 0.717) is 18.9 Å². The summed E-state index contributed by atoms with van der Waals surface area (Å²) in [5, 5.41) is 3.04. The predicted octanol–water partition coefficient (Wildman–Crippen LogP) is 1.61. The Hall–Kier alpha value is -1.11. The summed E-state index contributed by atoms with van der Waals surface area (Å²) in [5.41, 5.74) is 0. The van der Waals surface area contributed by atoms with Crippen molar-refractivity contribution in [1.29, 1.82) is 0 Å². The number of hydrogen-bond donors (Lipinski definition) is 2. The van der Waals surface area contributed by atoms with Gasteiger partial charge in [0.25, 0.3) is 0 Å². The molecule has 0 aliphatic heterocycles. The molecule has 0 saturated carbocycles. The van der Waals surface area contributed by atoms with Crippen molar-refractivity contribution in [1.82, 2.24) is 10.0 Å². The smallest absolute Gasteiger partial charge is 0.240 e. The van der Waals surface area contributed by atoms with E-state index in [1.807, 2.05) is 20.9 Å². The van der Waals surface area contributed by atoms with Crippen LogP contribution in [-0.2, 0) is 10.0 Å². The van der Waals surface area contributed by atoms with Crippen LogP contribution in [0.4, 0.5) is 0 Å². The van der Waals surface area contributed by atoms with Gasteiger partial charge in [-0.05, 0) is 50.2 Å². The van der Waals surface area contributed by atoms with E-state index >= 15 is 0 Å². The maximum absolute atomic E-state index is 12.0. The molecule has 114 valence electrons. The first kappa shape index (κ1) is 16.9. The topological polar surface area (TPSA) is 67.4 Å². The van der Waals surface area contributed by atoms with E-state index in [4.69, 9.17) is 4.74 Å². The van der Waals surface area contributed by atoms with Crippen molar-refractivity contribution in [2.75, 3.05) is 26.7 Å². The molecule has 1 aromatic rings. The average molecular weight is 300 g/mol. The van der Waals surface area contributed by atoms with Gasteiger partial charge in [-0.1, -0.05) is 13.8 Å². The second-order valence-electron chi connectivity index (χ2n) is 5.02. The summed E-state index contributed by atoms with van der Waals surface area (Å²) in [4.78, 5) is 0.265. The van der Waals surface area contributed by atoms with Gasteiger partial charge in [-0.15, -0.1) is 0 Å². The lowest BCUT2D eigenvalue weighted by Gasteiger charge is -2.10. The molecule has 1 aromatic carbocycles. The molecule has 6 heteroatoms. The summed E-state index contributed by atoms with van der Waals surface area (Å²) in [7, 11) is -1.52. The fourth-order valence-electron chi connectivity index (χ4n) is 1.51. The maximum Gasteiger partial charge on any atom is 0.240 e. The number of rotatable bonds is 9. The molecular formula is C14H24N2O3S. The number of ether oxygens (including phenoxy) is 1. The number of sulfonamides is 1. The molecule has 0 saturated heterocycles. The third kappa shape index (κ3) is 5.90. The first-order valence-corrected chi connectivity index (χ1v) is 8.31. The summed E-state index contributed by atoms with van der Waals surface area (Å²) in [6.45, 7) is 5.87. The van der Waals surface area contributed by atoms with Gasteiger partial charge in [0.05, 0.1) is 11.5 Å². The van der Waals surface area contributed by atoms with Gasteiger partial charge in [0, 0.05) is 6.54 Å². The van der Waals surface area contributed by atoms with E-state index < -0.39 is 10.0 Å². The number of nitrogens with one attached hydrogen (secondary N) is 2. The molecule has 1 rings (SSSR count). The highest BCUT2D eigenvalue weighted by molar-refractivity contribution is 7.89. The Morgan fingerprint density at radius 3 is 2.40 bits per heavy atom. The summed E-state index contributed by atoms with van der Waals surface area (Å²) < 4.78 is 32.1. The standard InChI is InChI=1S/C14H24N2O3S/c1-12(2)11-16-20(17,18)14-7-5-13(6-8-14)19-10-4-9-15-3/h5-8,12,15-16H,4,9-11H2,1-3H3. The first-order chi connectivity index (χ1) is 9.45. The van der Waals surface area contributed by atoms with Gasteiger partial charge in [0.15, 0.2) is 0 Å². The minimum Gasteiger partial charge on any atom is -0.494 e. The van der Waals surface area contributed by atoms with Gasteiger partial charge < -0.3 is 10.1 Å². The molecule has 0 unspecified atom stereocenters. The summed E-state index contributed by atoms with van der Waals surface area (Å²) in [5.74, 6) is 0.962. The van der Waals surface area contributed by atoms with Gasteiger partial charge >= 0.3 is 0 Å². The highest BCUT2D eigenvalue weighted by Gasteiger charge is 2.13. The van der Waals surface area contributed by atoms with E-state index in [2.05, 4.69) is 10.0 Å². The van der Waals surface area contributed by atoms with Crippen LogP contribution in [-0.4, -0.2) is 35.2 Å². The van der Waals surface area contributed by atoms with Crippen LogP contribution in [0.5, 0.6) is 5.75 Å². The third-order valence-electron chi connectivity index (χ3n) is 2.66. The van der Waals surface area contributed by atoms with Gasteiger partial charge in [-0.2, -0.15) is 0 Å². The van der Waals surface area contributed by atoms with Crippen molar-refractivity contribution >= 4 is 10.0 Å². The van der Waals surface area contributed by atoms with Crippen LogP contribution in [0.2, 0.25) is 0 Å². The third-order valence-corrected chi connectivity index (χ3v) is 4.09.